The molecule has 0 radical (unpaired) electrons. The van der Waals surface area contributed by atoms with Gasteiger partial charge in [0.1, 0.15) is 0 Å². The second kappa shape index (κ2) is 11.5. The van der Waals surface area contributed by atoms with Crippen molar-refractivity contribution >= 4 is 29.2 Å². The number of nitrogens with zero attached hydrogens (tertiary/aromatic N) is 3. The number of rotatable bonds is 8. The van der Waals surface area contributed by atoms with Crippen molar-refractivity contribution in [1.29, 1.82) is 0 Å². The minimum atomic E-state index is -0.616. The Kier molecular flexibility index (Phi) is 8.22. The van der Waals surface area contributed by atoms with Crippen LogP contribution in [0.1, 0.15) is 33.8 Å². The molecule has 3 amide bonds. The molecule has 9 heteroatoms. The first-order valence-electron chi connectivity index (χ1n) is 12.1. The van der Waals surface area contributed by atoms with Gasteiger partial charge in [0.25, 0.3) is 5.91 Å². The van der Waals surface area contributed by atoms with Gasteiger partial charge in [-0.2, -0.15) is 0 Å². The molecule has 1 aromatic carbocycles. The van der Waals surface area contributed by atoms with E-state index in [9.17, 15) is 14.4 Å². The number of nitrogens with one attached hydrogen (secondary N) is 1. The second-order valence-electron chi connectivity index (χ2n) is 8.82. The molecule has 36 heavy (non-hydrogen) atoms. The molecule has 8 nitrogen and oxygen atoms in total. The van der Waals surface area contributed by atoms with E-state index < -0.39 is 12.0 Å². The molecule has 2 aliphatic rings. The maximum Gasteiger partial charge on any atom is 0.338 e. The largest absolute Gasteiger partial charge is 0.463 e. The number of piperazine rings is 1. The van der Waals surface area contributed by atoms with Crippen LogP contribution in [0.25, 0.3) is 0 Å². The van der Waals surface area contributed by atoms with Gasteiger partial charge >= 0.3 is 12.0 Å². The average Bonchev–Trinajstić information content (AvgIpc) is 3.41. The standard InChI is InChI=1S/C27H32N4O4S/c1-4-11-31-21(18-29-12-14-30(15-13-29)25(32)22-10-7-16-36-22)23(26(33)35-5-2)24(28-27(31)34)20-9-6-8-19(3)17-20/h4,6-10,16-17,24H,1,5,11-15,18H2,2-3H3,(H,28,34). The summed E-state index contributed by atoms with van der Waals surface area (Å²) in [5.41, 5.74) is 2.91. The Labute approximate surface area is 215 Å². The summed E-state index contributed by atoms with van der Waals surface area (Å²) >= 11 is 1.44. The molecule has 3 heterocycles. The number of esters is 1. The summed E-state index contributed by atoms with van der Waals surface area (Å²) in [6.45, 7) is 10.9. The number of amides is 3. The van der Waals surface area contributed by atoms with E-state index in [1.54, 1.807) is 17.9 Å². The zero-order chi connectivity index (χ0) is 25.7. The maximum absolute atomic E-state index is 13.3. The lowest BCUT2D eigenvalue weighted by Crippen LogP contribution is -2.53. The molecule has 4 rings (SSSR count). The number of benzene rings is 1. The second-order valence-corrected chi connectivity index (χ2v) is 9.77. The van der Waals surface area contributed by atoms with E-state index in [0.717, 1.165) is 16.0 Å². The molecule has 190 valence electrons. The third-order valence-corrected chi connectivity index (χ3v) is 7.24. The van der Waals surface area contributed by atoms with Crippen LogP contribution >= 0.6 is 11.3 Å². The molecular weight excluding hydrogens is 476 g/mol. The van der Waals surface area contributed by atoms with Crippen LogP contribution in [-0.4, -0.2) is 78.5 Å². The minimum absolute atomic E-state index is 0.0425. The molecule has 2 aliphatic heterocycles. The Morgan fingerprint density at radius 1 is 1.19 bits per heavy atom. The van der Waals surface area contributed by atoms with E-state index in [4.69, 9.17) is 4.74 Å². The molecular formula is C27H32N4O4S. The molecule has 0 aliphatic carbocycles. The highest BCUT2D eigenvalue weighted by atomic mass is 32.1. The van der Waals surface area contributed by atoms with Crippen LogP contribution in [0.4, 0.5) is 4.79 Å². The van der Waals surface area contributed by atoms with Gasteiger partial charge < -0.3 is 15.0 Å². The number of hydrogen-bond donors (Lipinski definition) is 1. The Bertz CT molecular complexity index is 1150. The van der Waals surface area contributed by atoms with E-state index in [1.807, 2.05) is 53.6 Å². The molecule has 1 unspecified atom stereocenters. The molecule has 1 saturated heterocycles. The molecule has 1 fully saturated rings. The van der Waals surface area contributed by atoms with Crippen LogP contribution in [0.5, 0.6) is 0 Å². The zero-order valence-corrected chi connectivity index (χ0v) is 21.6. The first kappa shape index (κ1) is 25.7. The SMILES string of the molecule is C=CCN1C(=O)NC(c2cccc(C)c2)C(C(=O)OCC)=C1CN1CCN(C(=O)c2cccs2)CC1. The summed E-state index contributed by atoms with van der Waals surface area (Å²) in [7, 11) is 0. The van der Waals surface area contributed by atoms with Gasteiger partial charge in [-0.15, -0.1) is 17.9 Å². The van der Waals surface area contributed by atoms with Crippen LogP contribution < -0.4 is 5.32 Å². The molecule has 0 bridgehead atoms. The minimum Gasteiger partial charge on any atom is -0.463 e. The van der Waals surface area contributed by atoms with Gasteiger partial charge in [-0.05, 0) is 30.9 Å². The van der Waals surface area contributed by atoms with Crippen molar-refractivity contribution in [1.82, 2.24) is 20.0 Å². The Morgan fingerprint density at radius 3 is 2.61 bits per heavy atom. The van der Waals surface area contributed by atoms with Gasteiger partial charge in [0.2, 0.25) is 0 Å². The molecule has 1 aromatic heterocycles. The average molecular weight is 509 g/mol. The zero-order valence-electron chi connectivity index (χ0n) is 20.7. The van der Waals surface area contributed by atoms with E-state index in [1.165, 1.54) is 11.3 Å². The Balaban J connectivity index is 1.64. The predicted octanol–water partition coefficient (Wildman–Crippen LogP) is 3.58. The summed E-state index contributed by atoms with van der Waals surface area (Å²) in [6, 6.07) is 10.6. The predicted molar refractivity (Wildman–Crippen MR) is 140 cm³/mol. The first-order valence-corrected chi connectivity index (χ1v) is 13.0. The Hall–Kier alpha value is -3.43. The van der Waals surface area contributed by atoms with Gasteiger partial charge in [0, 0.05) is 45.0 Å². The van der Waals surface area contributed by atoms with Gasteiger partial charge in [-0.3, -0.25) is 14.6 Å². The highest BCUT2D eigenvalue weighted by Crippen LogP contribution is 2.32. The maximum atomic E-state index is 13.3. The lowest BCUT2D eigenvalue weighted by Gasteiger charge is -2.40. The summed E-state index contributed by atoms with van der Waals surface area (Å²) in [4.78, 5) is 45.6. The van der Waals surface area contributed by atoms with Gasteiger partial charge in [-0.25, -0.2) is 9.59 Å². The number of aryl methyl sites for hydroxylation is 1. The van der Waals surface area contributed by atoms with Crippen LogP contribution in [0.3, 0.4) is 0 Å². The van der Waals surface area contributed by atoms with Gasteiger partial charge in [0.05, 0.1) is 23.1 Å². The molecule has 0 saturated carbocycles. The van der Waals surface area contributed by atoms with E-state index >= 15 is 0 Å². The third kappa shape index (κ3) is 5.52. The van der Waals surface area contributed by atoms with Crippen molar-refractivity contribution in [3.63, 3.8) is 0 Å². The van der Waals surface area contributed by atoms with Crippen molar-refractivity contribution in [3.05, 3.63) is 81.7 Å². The summed E-state index contributed by atoms with van der Waals surface area (Å²) in [6.07, 6.45) is 1.65. The summed E-state index contributed by atoms with van der Waals surface area (Å²) < 4.78 is 5.46. The normalized spacial score (nSPS) is 18.7. The van der Waals surface area contributed by atoms with E-state index in [2.05, 4.69) is 16.8 Å². The third-order valence-electron chi connectivity index (χ3n) is 6.39. The number of carbonyl (C=O) groups is 3. The Morgan fingerprint density at radius 2 is 1.97 bits per heavy atom. The smallest absolute Gasteiger partial charge is 0.338 e. The van der Waals surface area contributed by atoms with Crippen molar-refractivity contribution in [2.24, 2.45) is 0 Å². The first-order chi connectivity index (χ1) is 17.4. The van der Waals surface area contributed by atoms with Gasteiger partial charge in [0.15, 0.2) is 0 Å². The van der Waals surface area contributed by atoms with E-state index in [-0.39, 0.29) is 25.1 Å². The molecule has 0 spiro atoms. The fourth-order valence-electron chi connectivity index (χ4n) is 4.62. The highest BCUT2D eigenvalue weighted by molar-refractivity contribution is 7.12. The fraction of sp³-hybridized carbons (Fsp3) is 0.370. The van der Waals surface area contributed by atoms with Crippen molar-refractivity contribution < 1.29 is 19.1 Å². The van der Waals surface area contributed by atoms with Crippen LogP contribution in [0.15, 0.2) is 65.7 Å². The number of thiophene rings is 1. The van der Waals surface area contributed by atoms with Crippen molar-refractivity contribution in [2.45, 2.75) is 19.9 Å². The summed E-state index contributed by atoms with van der Waals surface area (Å²) in [5, 5.41) is 4.90. The number of carbonyl (C=O) groups excluding carboxylic acids is 3. The molecule has 2 aromatic rings. The lowest BCUT2D eigenvalue weighted by molar-refractivity contribution is -0.139. The van der Waals surface area contributed by atoms with Crippen molar-refractivity contribution in [2.75, 3.05) is 45.9 Å². The quantitative estimate of drug-likeness (QED) is 0.435. The summed E-state index contributed by atoms with van der Waals surface area (Å²) in [5.74, 6) is -0.402. The lowest BCUT2D eigenvalue weighted by atomic mass is 9.93. The monoisotopic (exact) mass is 508 g/mol. The number of urea groups is 1. The van der Waals surface area contributed by atoms with Crippen LogP contribution in [-0.2, 0) is 9.53 Å². The number of hydrogen-bond acceptors (Lipinski definition) is 6. The highest BCUT2D eigenvalue weighted by Gasteiger charge is 2.39. The molecule has 1 N–H and O–H groups in total. The van der Waals surface area contributed by atoms with Gasteiger partial charge in [-0.1, -0.05) is 42.0 Å². The van der Waals surface area contributed by atoms with E-state index in [0.29, 0.717) is 44.0 Å². The topological polar surface area (TPSA) is 82.2 Å². The van der Waals surface area contributed by atoms with Crippen molar-refractivity contribution in [3.8, 4) is 0 Å². The molecule has 1 atom stereocenters. The fourth-order valence-corrected chi connectivity index (χ4v) is 5.31. The number of ether oxygens (including phenoxy) is 1. The van der Waals surface area contributed by atoms with Crippen LogP contribution in [0, 0.1) is 6.92 Å². The van der Waals surface area contributed by atoms with Crippen LogP contribution in [0.2, 0.25) is 0 Å².